The van der Waals surface area contributed by atoms with Crippen LogP contribution in [0.5, 0.6) is 0 Å². The molecule has 0 unspecified atom stereocenters. The number of hydrogen-bond donors (Lipinski definition) is 1. The van der Waals surface area contributed by atoms with Crippen molar-refractivity contribution in [1.29, 1.82) is 0 Å². The van der Waals surface area contributed by atoms with E-state index in [4.69, 9.17) is 0 Å². The molecule has 0 saturated carbocycles. The molecule has 0 spiro atoms. The molecule has 0 aliphatic carbocycles. The quantitative estimate of drug-likeness (QED) is 0.939. The highest BCUT2D eigenvalue weighted by Gasteiger charge is 2.11. The fraction of sp³-hybridized carbons (Fsp3) is 0.231. The number of aromatic nitrogens is 1. The second-order valence-electron chi connectivity index (χ2n) is 4.52. The summed E-state index contributed by atoms with van der Waals surface area (Å²) in [5, 5.41) is 5.06. The summed E-state index contributed by atoms with van der Waals surface area (Å²) in [4.78, 5) is 16.2. The van der Waals surface area contributed by atoms with Crippen molar-refractivity contribution in [2.45, 2.75) is 12.7 Å². The third-order valence-electron chi connectivity index (χ3n) is 2.46. The van der Waals surface area contributed by atoms with Gasteiger partial charge in [-0.1, -0.05) is 12.1 Å². The van der Waals surface area contributed by atoms with Gasteiger partial charge in [0.1, 0.15) is 0 Å². The number of hydrogen-bond acceptors (Lipinski definition) is 5. The fourth-order valence-corrected chi connectivity index (χ4v) is 3.15. The number of carbonyl (C=O) groups excluding carboxylic acids is 1. The van der Waals surface area contributed by atoms with Gasteiger partial charge >= 0.3 is 0 Å². The maximum absolute atomic E-state index is 12.0. The number of benzene rings is 1. The predicted octanol–water partition coefficient (Wildman–Crippen LogP) is 2.25. The van der Waals surface area contributed by atoms with Crippen LogP contribution in [-0.2, 0) is 15.6 Å². The lowest BCUT2D eigenvalue weighted by atomic mass is 10.1. The molecule has 0 aliphatic rings. The van der Waals surface area contributed by atoms with Gasteiger partial charge in [0.15, 0.2) is 15.0 Å². The molecule has 0 fully saturated rings. The first-order valence-corrected chi connectivity index (χ1v) is 8.78. The van der Waals surface area contributed by atoms with Crippen LogP contribution in [0.25, 0.3) is 0 Å². The van der Waals surface area contributed by atoms with Gasteiger partial charge in [0.25, 0.3) is 5.91 Å². The van der Waals surface area contributed by atoms with Crippen LogP contribution in [0.3, 0.4) is 0 Å². The number of anilines is 1. The Bertz CT molecular complexity index is 736. The van der Waals surface area contributed by atoms with E-state index in [1.165, 1.54) is 11.3 Å². The highest BCUT2D eigenvalue weighted by atomic mass is 32.2. The van der Waals surface area contributed by atoms with Gasteiger partial charge in [0.2, 0.25) is 0 Å². The number of thiazole rings is 1. The van der Waals surface area contributed by atoms with Gasteiger partial charge in [-0.2, -0.15) is 0 Å². The highest BCUT2D eigenvalue weighted by molar-refractivity contribution is 7.89. The Labute approximate surface area is 121 Å². The van der Waals surface area contributed by atoms with E-state index in [0.717, 1.165) is 11.9 Å². The average molecular weight is 310 g/mol. The summed E-state index contributed by atoms with van der Waals surface area (Å²) in [6.07, 6.45) is 1.16. The molecule has 1 aromatic heterocycles. The van der Waals surface area contributed by atoms with E-state index in [2.05, 4.69) is 10.3 Å². The molecule has 0 saturated heterocycles. The third-order valence-corrected chi connectivity index (χ3v) is 4.19. The Morgan fingerprint density at radius 3 is 2.75 bits per heavy atom. The Balaban J connectivity index is 2.16. The third kappa shape index (κ3) is 4.14. The molecule has 0 atom stereocenters. The Kier molecular flexibility index (Phi) is 4.20. The van der Waals surface area contributed by atoms with Crippen molar-refractivity contribution in [1.82, 2.24) is 4.98 Å². The molecule has 0 radical (unpaired) electrons. The maximum atomic E-state index is 12.0. The lowest BCUT2D eigenvalue weighted by molar-refractivity contribution is 0.102. The van der Waals surface area contributed by atoms with Crippen molar-refractivity contribution < 1.29 is 13.2 Å². The first kappa shape index (κ1) is 14.7. The lowest BCUT2D eigenvalue weighted by Gasteiger charge is -2.04. The van der Waals surface area contributed by atoms with E-state index >= 15 is 0 Å². The first-order valence-electron chi connectivity index (χ1n) is 5.84. The molecular formula is C13H14N2O3S2. The zero-order valence-corrected chi connectivity index (χ0v) is 12.7. The van der Waals surface area contributed by atoms with Gasteiger partial charge in [-0.05, 0) is 24.6 Å². The van der Waals surface area contributed by atoms with Crippen LogP contribution in [0.4, 0.5) is 5.13 Å². The van der Waals surface area contributed by atoms with Crippen molar-refractivity contribution in [3.8, 4) is 0 Å². The number of rotatable bonds is 4. The van der Waals surface area contributed by atoms with Crippen LogP contribution in [0.1, 0.15) is 21.6 Å². The largest absolute Gasteiger partial charge is 0.298 e. The van der Waals surface area contributed by atoms with Crippen LogP contribution < -0.4 is 5.32 Å². The smallest absolute Gasteiger partial charge is 0.257 e. The molecule has 0 aliphatic heterocycles. The standard InChI is InChI=1S/C13H14N2O3S2/c1-9-7-19-13(14-9)15-12(16)11-5-3-4-10(6-11)8-20(2,17)18/h3-7H,8H2,1-2H3,(H,14,15,16). The SMILES string of the molecule is Cc1csc(NC(=O)c2cccc(CS(C)(=O)=O)c2)n1. The van der Waals surface area contributed by atoms with Crippen molar-refractivity contribution in [3.05, 3.63) is 46.5 Å². The molecular weight excluding hydrogens is 296 g/mol. The molecule has 1 N–H and O–H groups in total. The normalized spacial score (nSPS) is 11.3. The van der Waals surface area contributed by atoms with E-state index in [-0.39, 0.29) is 11.7 Å². The molecule has 106 valence electrons. The molecule has 2 aromatic rings. The summed E-state index contributed by atoms with van der Waals surface area (Å²) < 4.78 is 22.5. The van der Waals surface area contributed by atoms with E-state index in [9.17, 15) is 13.2 Å². The number of sulfone groups is 1. The maximum Gasteiger partial charge on any atom is 0.257 e. The monoisotopic (exact) mass is 310 g/mol. The van der Waals surface area contributed by atoms with Gasteiger partial charge in [-0.3, -0.25) is 10.1 Å². The topological polar surface area (TPSA) is 76.1 Å². The predicted molar refractivity (Wildman–Crippen MR) is 79.8 cm³/mol. The number of nitrogens with one attached hydrogen (secondary N) is 1. The van der Waals surface area contributed by atoms with Crippen LogP contribution in [0.15, 0.2) is 29.6 Å². The molecule has 5 nitrogen and oxygen atoms in total. The minimum Gasteiger partial charge on any atom is -0.298 e. The van der Waals surface area contributed by atoms with Gasteiger partial charge in [0, 0.05) is 17.2 Å². The summed E-state index contributed by atoms with van der Waals surface area (Å²) in [7, 11) is -3.12. The number of aryl methyl sites for hydroxylation is 1. The van der Waals surface area contributed by atoms with Crippen LogP contribution >= 0.6 is 11.3 Å². The minimum atomic E-state index is -3.12. The Morgan fingerprint density at radius 2 is 2.15 bits per heavy atom. The number of nitrogens with zero attached hydrogens (tertiary/aromatic N) is 1. The van der Waals surface area contributed by atoms with Crippen molar-refractivity contribution in [2.24, 2.45) is 0 Å². The fourth-order valence-electron chi connectivity index (χ4n) is 1.69. The second-order valence-corrected chi connectivity index (χ2v) is 7.52. The van der Waals surface area contributed by atoms with Crippen molar-refractivity contribution >= 4 is 32.2 Å². The summed E-state index contributed by atoms with van der Waals surface area (Å²) in [5.41, 5.74) is 1.85. The zero-order valence-electron chi connectivity index (χ0n) is 11.1. The van der Waals surface area contributed by atoms with Gasteiger partial charge in [-0.15, -0.1) is 11.3 Å². The van der Waals surface area contributed by atoms with Crippen LogP contribution in [0, 0.1) is 6.92 Å². The van der Waals surface area contributed by atoms with Crippen molar-refractivity contribution in [2.75, 3.05) is 11.6 Å². The van der Waals surface area contributed by atoms with E-state index in [0.29, 0.717) is 16.3 Å². The van der Waals surface area contributed by atoms with E-state index in [1.807, 2.05) is 12.3 Å². The van der Waals surface area contributed by atoms with Gasteiger partial charge < -0.3 is 0 Å². The minimum absolute atomic E-state index is 0.0789. The zero-order chi connectivity index (χ0) is 14.8. The molecule has 0 bridgehead atoms. The summed E-state index contributed by atoms with van der Waals surface area (Å²) >= 11 is 1.35. The van der Waals surface area contributed by atoms with Gasteiger partial charge in [-0.25, -0.2) is 13.4 Å². The second kappa shape index (κ2) is 5.72. The van der Waals surface area contributed by atoms with Gasteiger partial charge in [0.05, 0.1) is 11.4 Å². The average Bonchev–Trinajstić information content (AvgIpc) is 2.73. The molecule has 2 rings (SSSR count). The Morgan fingerprint density at radius 1 is 1.40 bits per heavy atom. The molecule has 20 heavy (non-hydrogen) atoms. The summed E-state index contributed by atoms with van der Waals surface area (Å²) in [6.45, 7) is 1.85. The summed E-state index contributed by atoms with van der Waals surface area (Å²) in [6, 6.07) is 6.58. The molecule has 7 heteroatoms. The van der Waals surface area contributed by atoms with Crippen LogP contribution in [-0.4, -0.2) is 25.6 Å². The van der Waals surface area contributed by atoms with Crippen LogP contribution in [0.2, 0.25) is 0 Å². The lowest BCUT2D eigenvalue weighted by Crippen LogP contribution is -2.12. The highest BCUT2D eigenvalue weighted by Crippen LogP contribution is 2.16. The number of amides is 1. The molecule has 1 heterocycles. The first-order chi connectivity index (χ1) is 9.33. The van der Waals surface area contributed by atoms with E-state index in [1.54, 1.807) is 24.3 Å². The number of carbonyl (C=O) groups is 1. The Hall–Kier alpha value is -1.73. The van der Waals surface area contributed by atoms with E-state index < -0.39 is 9.84 Å². The molecule has 1 aromatic carbocycles. The summed E-state index contributed by atoms with van der Waals surface area (Å²) in [5.74, 6) is -0.375. The van der Waals surface area contributed by atoms with Crippen molar-refractivity contribution in [3.63, 3.8) is 0 Å². The molecule has 1 amide bonds.